The summed E-state index contributed by atoms with van der Waals surface area (Å²) in [5.41, 5.74) is -7.95. The second-order valence-electron chi connectivity index (χ2n) is 8.49. The molecule has 39 heavy (non-hydrogen) atoms. The largest absolute Gasteiger partial charge is 0.430 e. The number of alkyl halides is 6. The monoisotopic (exact) mass is 577 g/mol. The van der Waals surface area contributed by atoms with Crippen LogP contribution in [0.5, 0.6) is 0 Å². The van der Waals surface area contributed by atoms with E-state index < -0.39 is 46.7 Å². The average molecular weight is 578 g/mol. The van der Waals surface area contributed by atoms with Crippen LogP contribution in [-0.2, 0) is 16.8 Å². The van der Waals surface area contributed by atoms with Crippen LogP contribution in [0.4, 0.5) is 42.1 Å². The minimum atomic E-state index is -6.09. The van der Waals surface area contributed by atoms with E-state index in [-0.39, 0.29) is 34.1 Å². The summed E-state index contributed by atoms with van der Waals surface area (Å²) in [5, 5.41) is 14.3. The number of aromatic nitrogens is 1. The van der Waals surface area contributed by atoms with Crippen molar-refractivity contribution in [2.75, 3.05) is 10.6 Å². The fourth-order valence-corrected chi connectivity index (χ4v) is 3.95. The van der Waals surface area contributed by atoms with Crippen LogP contribution < -0.4 is 10.6 Å². The van der Waals surface area contributed by atoms with Gasteiger partial charge in [0.1, 0.15) is 5.15 Å². The number of aryl methyl sites for hydroxylation is 2. The lowest BCUT2D eigenvalue weighted by Crippen LogP contribution is -2.54. The smallest absolute Gasteiger partial charge is 0.369 e. The van der Waals surface area contributed by atoms with Gasteiger partial charge in [-0.05, 0) is 48.7 Å². The molecule has 1 aromatic heterocycles. The van der Waals surface area contributed by atoms with Gasteiger partial charge in [-0.25, -0.2) is 9.37 Å². The molecule has 0 aliphatic carbocycles. The standard InChI is InChI=1S/C25H19ClF7N3O3/c1-12-9-15(23(39,24(28,29)30)25(31,32)33)10-13(2)20(12)36-22(38)16-6-3-7-17(19(16)27)35-18(37)11-14-5-4-8-34-21(14)26/h3-10,39H,11H2,1-2H3,(H,35,37)(H,36,38). The minimum Gasteiger partial charge on any atom is -0.369 e. The second-order valence-corrected chi connectivity index (χ2v) is 8.85. The van der Waals surface area contributed by atoms with Crippen LogP contribution in [0.25, 0.3) is 0 Å². The van der Waals surface area contributed by atoms with Crippen LogP contribution in [0.3, 0.4) is 0 Å². The molecule has 6 nitrogen and oxygen atoms in total. The number of nitrogens with one attached hydrogen (secondary N) is 2. The van der Waals surface area contributed by atoms with Crippen molar-refractivity contribution in [2.45, 2.75) is 38.2 Å². The summed E-state index contributed by atoms with van der Waals surface area (Å²) >= 11 is 5.91. The van der Waals surface area contributed by atoms with E-state index in [0.29, 0.717) is 17.7 Å². The van der Waals surface area contributed by atoms with Gasteiger partial charge in [0.25, 0.3) is 11.5 Å². The number of pyridine rings is 1. The van der Waals surface area contributed by atoms with Gasteiger partial charge in [0.05, 0.1) is 17.7 Å². The Morgan fingerprint density at radius 2 is 1.54 bits per heavy atom. The zero-order valence-corrected chi connectivity index (χ0v) is 20.8. The highest BCUT2D eigenvalue weighted by Crippen LogP contribution is 2.50. The summed E-state index contributed by atoms with van der Waals surface area (Å²) < 4.78 is 94.7. The highest BCUT2D eigenvalue weighted by Gasteiger charge is 2.71. The fraction of sp³-hybridized carbons (Fsp3) is 0.240. The first-order valence-corrected chi connectivity index (χ1v) is 11.3. The third-order valence-electron chi connectivity index (χ3n) is 5.71. The number of amides is 2. The summed E-state index contributed by atoms with van der Waals surface area (Å²) in [6, 6.07) is 7.43. The first-order chi connectivity index (χ1) is 18.0. The van der Waals surface area contributed by atoms with E-state index in [1.54, 1.807) is 6.07 Å². The molecule has 3 aromatic rings. The van der Waals surface area contributed by atoms with E-state index in [4.69, 9.17) is 11.6 Å². The van der Waals surface area contributed by atoms with Gasteiger partial charge >= 0.3 is 12.4 Å². The van der Waals surface area contributed by atoms with Crippen LogP contribution in [0, 0.1) is 19.7 Å². The summed E-state index contributed by atoms with van der Waals surface area (Å²) in [5.74, 6) is -2.92. The van der Waals surface area contributed by atoms with Crippen molar-refractivity contribution in [2.24, 2.45) is 0 Å². The molecule has 3 N–H and O–H groups in total. The number of carbonyl (C=O) groups excluding carboxylic acids is 2. The van der Waals surface area contributed by atoms with Crippen molar-refractivity contribution >= 4 is 34.8 Å². The average Bonchev–Trinajstić information content (AvgIpc) is 2.82. The molecule has 208 valence electrons. The van der Waals surface area contributed by atoms with Gasteiger partial charge < -0.3 is 15.7 Å². The van der Waals surface area contributed by atoms with Gasteiger partial charge in [0.2, 0.25) is 5.91 Å². The molecule has 3 rings (SSSR count). The molecular weight excluding hydrogens is 559 g/mol. The lowest BCUT2D eigenvalue weighted by Gasteiger charge is -2.33. The summed E-state index contributed by atoms with van der Waals surface area (Å²) in [6.45, 7) is 2.21. The molecule has 0 aliphatic rings. The Morgan fingerprint density at radius 1 is 0.949 bits per heavy atom. The Kier molecular flexibility index (Phi) is 8.27. The van der Waals surface area contributed by atoms with Gasteiger partial charge in [-0.1, -0.05) is 35.9 Å². The van der Waals surface area contributed by atoms with Gasteiger partial charge in [0.15, 0.2) is 5.82 Å². The van der Waals surface area contributed by atoms with E-state index in [9.17, 15) is 41.0 Å². The van der Waals surface area contributed by atoms with E-state index >= 15 is 4.39 Å². The second kappa shape index (κ2) is 10.8. The van der Waals surface area contributed by atoms with E-state index in [1.807, 2.05) is 0 Å². The van der Waals surface area contributed by atoms with Gasteiger partial charge in [-0.15, -0.1) is 0 Å². The molecule has 0 saturated heterocycles. The maximum atomic E-state index is 15.1. The van der Waals surface area contributed by atoms with Crippen molar-refractivity contribution in [1.29, 1.82) is 0 Å². The third kappa shape index (κ3) is 5.98. The lowest BCUT2D eigenvalue weighted by molar-refractivity contribution is -0.376. The number of nitrogens with zero attached hydrogens (tertiary/aromatic N) is 1. The Morgan fingerprint density at radius 3 is 2.08 bits per heavy atom. The first kappa shape index (κ1) is 29.8. The molecule has 2 aromatic carbocycles. The Labute approximate surface area is 221 Å². The Balaban J connectivity index is 1.87. The highest BCUT2D eigenvalue weighted by atomic mass is 35.5. The number of rotatable bonds is 6. The molecule has 14 heteroatoms. The molecule has 0 bridgehead atoms. The maximum Gasteiger partial charge on any atom is 0.430 e. The lowest BCUT2D eigenvalue weighted by atomic mass is 9.89. The zero-order valence-electron chi connectivity index (χ0n) is 20.1. The van der Waals surface area contributed by atoms with Gasteiger partial charge in [-0.3, -0.25) is 9.59 Å². The first-order valence-electron chi connectivity index (χ1n) is 10.9. The third-order valence-corrected chi connectivity index (χ3v) is 6.05. The van der Waals surface area contributed by atoms with E-state index in [2.05, 4.69) is 15.6 Å². The van der Waals surface area contributed by atoms with Crippen LogP contribution in [0.2, 0.25) is 5.15 Å². The van der Waals surface area contributed by atoms with Crippen molar-refractivity contribution < 1.29 is 45.4 Å². The van der Waals surface area contributed by atoms with Crippen LogP contribution >= 0.6 is 11.6 Å². The van der Waals surface area contributed by atoms with Crippen molar-refractivity contribution in [3.8, 4) is 0 Å². The van der Waals surface area contributed by atoms with Crippen molar-refractivity contribution in [3.05, 3.63) is 87.4 Å². The molecule has 2 amide bonds. The highest BCUT2D eigenvalue weighted by molar-refractivity contribution is 6.30. The van der Waals surface area contributed by atoms with Crippen molar-refractivity contribution in [3.63, 3.8) is 0 Å². The van der Waals surface area contributed by atoms with Crippen LogP contribution in [0.15, 0.2) is 48.7 Å². The molecule has 0 spiro atoms. The molecule has 0 aliphatic heterocycles. The Bertz CT molecular complexity index is 1390. The number of hydrogen-bond acceptors (Lipinski definition) is 4. The minimum absolute atomic E-state index is 0.0712. The number of anilines is 2. The number of hydrogen-bond donors (Lipinski definition) is 3. The molecule has 0 saturated carbocycles. The fourth-order valence-electron chi connectivity index (χ4n) is 3.76. The normalized spacial score (nSPS) is 12.3. The predicted molar refractivity (Wildman–Crippen MR) is 128 cm³/mol. The number of aliphatic hydroxyl groups is 1. The number of benzene rings is 2. The molecular formula is C25H19ClF7N3O3. The topological polar surface area (TPSA) is 91.3 Å². The molecule has 0 radical (unpaired) electrons. The molecule has 1 heterocycles. The molecule has 0 unspecified atom stereocenters. The summed E-state index contributed by atoms with van der Waals surface area (Å²) in [7, 11) is 0. The summed E-state index contributed by atoms with van der Waals surface area (Å²) in [6.07, 6.45) is -11.0. The SMILES string of the molecule is Cc1cc(C(O)(C(F)(F)F)C(F)(F)F)cc(C)c1NC(=O)c1cccc(NC(=O)Cc2cccnc2Cl)c1F. The van der Waals surface area contributed by atoms with Gasteiger partial charge in [-0.2, -0.15) is 26.3 Å². The number of halogens is 8. The van der Waals surface area contributed by atoms with Gasteiger partial charge in [0, 0.05) is 17.4 Å². The van der Waals surface area contributed by atoms with Crippen molar-refractivity contribution in [1.82, 2.24) is 4.98 Å². The van der Waals surface area contributed by atoms with Crippen LogP contribution in [-0.4, -0.2) is 34.3 Å². The maximum absolute atomic E-state index is 15.1. The zero-order chi connectivity index (χ0) is 29.3. The Hall–Kier alpha value is -3.71. The predicted octanol–water partition coefficient (Wildman–Crippen LogP) is 6.24. The quantitative estimate of drug-likeness (QED) is 0.239. The summed E-state index contributed by atoms with van der Waals surface area (Å²) in [4.78, 5) is 29.0. The van der Waals surface area contributed by atoms with E-state index in [1.165, 1.54) is 24.4 Å². The molecule has 0 fully saturated rings. The van der Waals surface area contributed by atoms with Crippen LogP contribution in [0.1, 0.15) is 32.6 Å². The molecule has 0 atom stereocenters. The number of carbonyl (C=O) groups is 2. The van der Waals surface area contributed by atoms with E-state index in [0.717, 1.165) is 19.9 Å².